The number of aliphatic hydroxyl groups is 1. The first-order chi connectivity index (χ1) is 8.13. The molecule has 0 aliphatic heterocycles. The Hall–Kier alpha value is -1.29. The number of hydrogen-bond donors (Lipinski definition) is 3. The van der Waals surface area contributed by atoms with Gasteiger partial charge in [-0.05, 0) is 31.9 Å². The van der Waals surface area contributed by atoms with Gasteiger partial charge < -0.3 is 15.7 Å². The van der Waals surface area contributed by atoms with Crippen LogP contribution in [0.2, 0.25) is 0 Å². The summed E-state index contributed by atoms with van der Waals surface area (Å²) in [5, 5.41) is 15.9. The molecule has 1 heterocycles. The summed E-state index contributed by atoms with van der Waals surface area (Å²) in [7, 11) is 0. The number of hydrogen-bond acceptors (Lipinski definition) is 4. The van der Waals surface area contributed by atoms with Crippen molar-refractivity contribution in [2.24, 2.45) is 0 Å². The molecular formula is C13H23N3O. The quantitative estimate of drug-likeness (QED) is 0.682. The first-order valence-corrected chi connectivity index (χ1v) is 6.23. The van der Waals surface area contributed by atoms with Gasteiger partial charge >= 0.3 is 0 Å². The van der Waals surface area contributed by atoms with E-state index in [0.717, 1.165) is 31.0 Å². The van der Waals surface area contributed by atoms with Crippen molar-refractivity contribution < 1.29 is 5.11 Å². The maximum Gasteiger partial charge on any atom is 0.128 e. The molecule has 0 bridgehead atoms. The lowest BCUT2D eigenvalue weighted by atomic mass is 10.0. The van der Waals surface area contributed by atoms with Gasteiger partial charge in [-0.25, -0.2) is 4.98 Å². The second-order valence-corrected chi connectivity index (χ2v) is 4.53. The molecule has 1 atom stereocenters. The second-order valence-electron chi connectivity index (χ2n) is 4.53. The molecule has 17 heavy (non-hydrogen) atoms. The lowest BCUT2D eigenvalue weighted by Gasteiger charge is -2.28. The fraction of sp³-hybridized carbons (Fsp3) is 0.615. The molecule has 1 aromatic heterocycles. The number of aliphatic hydroxyl groups excluding tert-OH is 1. The number of anilines is 2. The van der Waals surface area contributed by atoms with Crippen LogP contribution in [0.25, 0.3) is 0 Å². The molecular weight excluding hydrogens is 214 g/mol. The third-order valence-corrected chi connectivity index (χ3v) is 2.86. The summed E-state index contributed by atoms with van der Waals surface area (Å²) in [4.78, 5) is 4.46. The highest BCUT2D eigenvalue weighted by Crippen LogP contribution is 2.17. The van der Waals surface area contributed by atoms with E-state index in [1.54, 1.807) is 0 Å². The van der Waals surface area contributed by atoms with Crippen molar-refractivity contribution in [1.82, 2.24) is 4.98 Å². The largest absolute Gasteiger partial charge is 0.394 e. The predicted octanol–water partition coefficient (Wildman–Crippen LogP) is 2.48. The minimum Gasteiger partial charge on any atom is -0.394 e. The smallest absolute Gasteiger partial charge is 0.128 e. The Morgan fingerprint density at radius 1 is 1.29 bits per heavy atom. The summed E-state index contributed by atoms with van der Waals surface area (Å²) < 4.78 is 0. The molecule has 0 spiro atoms. The zero-order valence-corrected chi connectivity index (χ0v) is 11.0. The van der Waals surface area contributed by atoms with Crippen molar-refractivity contribution in [2.75, 3.05) is 23.8 Å². The first-order valence-electron chi connectivity index (χ1n) is 6.23. The molecule has 0 aliphatic rings. The zero-order chi connectivity index (χ0) is 12.7. The monoisotopic (exact) mass is 237 g/mol. The van der Waals surface area contributed by atoms with Crippen LogP contribution >= 0.6 is 0 Å². The SMILES string of the molecule is CCCNc1cccc(NC(C)(CC)CO)n1. The average molecular weight is 237 g/mol. The minimum absolute atomic E-state index is 0.0950. The van der Waals surface area contributed by atoms with Crippen molar-refractivity contribution in [3.63, 3.8) is 0 Å². The summed E-state index contributed by atoms with van der Waals surface area (Å²) in [5.41, 5.74) is -0.309. The molecule has 0 fully saturated rings. The Kier molecular flexibility index (Phi) is 5.22. The van der Waals surface area contributed by atoms with Gasteiger partial charge in [0.1, 0.15) is 11.6 Å². The molecule has 1 unspecified atom stereocenters. The van der Waals surface area contributed by atoms with Gasteiger partial charge in [-0.15, -0.1) is 0 Å². The molecule has 0 saturated carbocycles. The van der Waals surface area contributed by atoms with Gasteiger partial charge in [-0.2, -0.15) is 0 Å². The number of nitrogens with one attached hydrogen (secondary N) is 2. The van der Waals surface area contributed by atoms with E-state index in [2.05, 4.69) is 22.5 Å². The predicted molar refractivity (Wildman–Crippen MR) is 72.4 cm³/mol. The van der Waals surface area contributed by atoms with Gasteiger partial charge in [0.25, 0.3) is 0 Å². The summed E-state index contributed by atoms with van der Waals surface area (Å²) in [5.74, 6) is 1.66. The normalized spacial score (nSPS) is 14.1. The molecule has 96 valence electrons. The van der Waals surface area contributed by atoms with Crippen molar-refractivity contribution in [3.8, 4) is 0 Å². The highest BCUT2D eigenvalue weighted by atomic mass is 16.3. The van der Waals surface area contributed by atoms with Crippen molar-refractivity contribution >= 4 is 11.6 Å². The summed E-state index contributed by atoms with van der Waals surface area (Å²) in [6.45, 7) is 7.16. The lowest BCUT2D eigenvalue weighted by molar-refractivity contribution is 0.218. The maximum absolute atomic E-state index is 9.35. The Morgan fingerprint density at radius 2 is 2.00 bits per heavy atom. The van der Waals surface area contributed by atoms with Crippen LogP contribution in [0, 0.1) is 0 Å². The average Bonchev–Trinajstić information content (AvgIpc) is 2.36. The molecule has 1 rings (SSSR count). The second kappa shape index (κ2) is 6.45. The maximum atomic E-state index is 9.35. The highest BCUT2D eigenvalue weighted by Gasteiger charge is 2.20. The number of aromatic nitrogens is 1. The molecule has 0 amide bonds. The van der Waals surface area contributed by atoms with Crippen molar-refractivity contribution in [2.45, 2.75) is 39.2 Å². The topological polar surface area (TPSA) is 57.2 Å². The van der Waals surface area contributed by atoms with Crippen molar-refractivity contribution in [1.29, 1.82) is 0 Å². The molecule has 0 aliphatic carbocycles. The van der Waals surface area contributed by atoms with Crippen LogP contribution in [0.4, 0.5) is 11.6 Å². The third-order valence-electron chi connectivity index (χ3n) is 2.86. The van der Waals surface area contributed by atoms with Crippen LogP contribution < -0.4 is 10.6 Å². The Balaban J connectivity index is 2.71. The van der Waals surface area contributed by atoms with E-state index in [9.17, 15) is 5.11 Å². The number of nitrogens with zero attached hydrogens (tertiary/aromatic N) is 1. The molecule has 3 N–H and O–H groups in total. The number of rotatable bonds is 7. The van der Waals surface area contributed by atoms with Crippen LogP contribution in [0.1, 0.15) is 33.6 Å². The molecule has 0 radical (unpaired) electrons. The summed E-state index contributed by atoms with van der Waals surface area (Å²) >= 11 is 0. The molecule has 4 nitrogen and oxygen atoms in total. The van der Waals surface area contributed by atoms with Crippen molar-refractivity contribution in [3.05, 3.63) is 18.2 Å². The zero-order valence-electron chi connectivity index (χ0n) is 11.0. The summed E-state index contributed by atoms with van der Waals surface area (Å²) in [6.07, 6.45) is 1.92. The van der Waals surface area contributed by atoms with E-state index < -0.39 is 0 Å². The Morgan fingerprint density at radius 3 is 2.59 bits per heavy atom. The first kappa shape index (κ1) is 13.8. The third kappa shape index (κ3) is 4.23. The highest BCUT2D eigenvalue weighted by molar-refractivity contribution is 5.46. The molecule has 0 aromatic carbocycles. The van der Waals surface area contributed by atoms with Crippen LogP contribution in [0.3, 0.4) is 0 Å². The van der Waals surface area contributed by atoms with E-state index in [-0.39, 0.29) is 12.1 Å². The van der Waals surface area contributed by atoms with Crippen LogP contribution in [-0.2, 0) is 0 Å². The molecule has 4 heteroatoms. The Labute approximate surface area is 103 Å². The van der Waals surface area contributed by atoms with Crippen LogP contribution in [0.15, 0.2) is 18.2 Å². The van der Waals surface area contributed by atoms with Gasteiger partial charge in [0.2, 0.25) is 0 Å². The van der Waals surface area contributed by atoms with Crippen LogP contribution in [-0.4, -0.2) is 28.8 Å². The van der Waals surface area contributed by atoms with E-state index in [1.165, 1.54) is 0 Å². The Bertz CT molecular complexity index is 337. The van der Waals surface area contributed by atoms with E-state index in [1.807, 2.05) is 32.0 Å². The fourth-order valence-corrected chi connectivity index (χ4v) is 1.40. The van der Waals surface area contributed by atoms with E-state index in [4.69, 9.17) is 0 Å². The van der Waals surface area contributed by atoms with Gasteiger partial charge in [0, 0.05) is 6.54 Å². The minimum atomic E-state index is -0.309. The molecule has 0 saturated heterocycles. The van der Waals surface area contributed by atoms with E-state index >= 15 is 0 Å². The standard InChI is InChI=1S/C13H23N3O/c1-4-9-14-11-7-6-8-12(15-11)16-13(3,5-2)10-17/h6-8,17H,4-5,9-10H2,1-3H3,(H2,14,15,16). The van der Waals surface area contributed by atoms with Crippen LogP contribution in [0.5, 0.6) is 0 Å². The number of pyridine rings is 1. The lowest BCUT2D eigenvalue weighted by Crippen LogP contribution is -2.38. The van der Waals surface area contributed by atoms with Gasteiger partial charge in [-0.3, -0.25) is 0 Å². The van der Waals surface area contributed by atoms with E-state index in [0.29, 0.717) is 0 Å². The van der Waals surface area contributed by atoms with Gasteiger partial charge in [0.15, 0.2) is 0 Å². The summed E-state index contributed by atoms with van der Waals surface area (Å²) in [6, 6.07) is 5.82. The van der Waals surface area contributed by atoms with Gasteiger partial charge in [-0.1, -0.05) is 19.9 Å². The van der Waals surface area contributed by atoms with Gasteiger partial charge in [0.05, 0.1) is 12.1 Å². The molecule has 1 aromatic rings. The fourth-order valence-electron chi connectivity index (χ4n) is 1.40.